The molecule has 8 nitrogen and oxygen atoms in total. The van der Waals surface area contributed by atoms with Gasteiger partial charge in [-0.3, -0.25) is 0 Å². The summed E-state index contributed by atoms with van der Waals surface area (Å²) in [4.78, 5) is 8.56. The van der Waals surface area contributed by atoms with E-state index in [0.717, 1.165) is 31.2 Å². The Morgan fingerprint density at radius 3 is 2.87 bits per heavy atom. The molecule has 0 bridgehead atoms. The Hall–Kier alpha value is -3.20. The second-order valence-corrected chi connectivity index (χ2v) is 8.12. The van der Waals surface area contributed by atoms with E-state index < -0.39 is 11.4 Å². The zero-order valence-electron chi connectivity index (χ0n) is 16.8. The number of fused-ring (bicyclic) bond motifs is 2. The number of nitrogens with zero attached hydrogens (tertiary/aromatic N) is 5. The van der Waals surface area contributed by atoms with Gasteiger partial charge in [0.05, 0.1) is 12.7 Å². The number of methoxy groups -OCH3 is 1. The highest BCUT2D eigenvalue weighted by molar-refractivity contribution is 5.84. The lowest BCUT2D eigenvalue weighted by atomic mass is 9.84. The Labute approximate surface area is 172 Å². The highest BCUT2D eigenvalue weighted by Gasteiger charge is 2.29. The van der Waals surface area contributed by atoms with Crippen molar-refractivity contribution < 1.29 is 14.2 Å². The second-order valence-electron chi connectivity index (χ2n) is 8.12. The molecule has 0 unspecified atom stereocenters. The smallest absolute Gasteiger partial charge is 0.244 e. The minimum atomic E-state index is -0.596. The van der Waals surface area contributed by atoms with Gasteiger partial charge in [0.25, 0.3) is 0 Å². The van der Waals surface area contributed by atoms with Crippen molar-refractivity contribution in [2.45, 2.75) is 44.2 Å². The molecule has 2 N–H and O–H groups in total. The number of halogens is 1. The summed E-state index contributed by atoms with van der Waals surface area (Å²) in [6.45, 7) is 1.88. The van der Waals surface area contributed by atoms with Crippen LogP contribution in [0.25, 0.3) is 22.3 Å². The predicted octanol–water partition coefficient (Wildman–Crippen LogP) is 3.30. The fourth-order valence-electron chi connectivity index (χ4n) is 4.13. The molecule has 0 aliphatic heterocycles. The Kier molecular flexibility index (Phi) is 4.35. The Balaban J connectivity index is 1.51. The molecule has 0 amide bonds. The first kappa shape index (κ1) is 18.8. The van der Waals surface area contributed by atoms with Gasteiger partial charge in [-0.2, -0.15) is 4.98 Å². The number of hydrogen-bond acceptors (Lipinski definition) is 6. The van der Waals surface area contributed by atoms with E-state index in [9.17, 15) is 9.50 Å². The summed E-state index contributed by atoms with van der Waals surface area (Å²) in [7, 11) is 1.56. The van der Waals surface area contributed by atoms with Gasteiger partial charge in [-0.15, -0.1) is 5.10 Å². The van der Waals surface area contributed by atoms with E-state index in [2.05, 4.69) is 20.4 Å². The summed E-state index contributed by atoms with van der Waals surface area (Å²) in [5.41, 5.74) is 1.79. The summed E-state index contributed by atoms with van der Waals surface area (Å²) in [6.07, 6.45) is 10.1. The molecule has 4 aromatic heterocycles. The molecule has 4 heterocycles. The number of anilines is 1. The summed E-state index contributed by atoms with van der Waals surface area (Å²) in [5.74, 6) is 0.467. The van der Waals surface area contributed by atoms with Crippen molar-refractivity contribution in [1.29, 1.82) is 0 Å². The molecule has 9 heteroatoms. The maximum atomic E-state index is 14.5. The molecule has 5 rings (SSSR count). The van der Waals surface area contributed by atoms with Gasteiger partial charge >= 0.3 is 0 Å². The van der Waals surface area contributed by atoms with Crippen LogP contribution in [0.15, 0.2) is 36.9 Å². The van der Waals surface area contributed by atoms with Crippen LogP contribution in [-0.4, -0.2) is 47.8 Å². The van der Waals surface area contributed by atoms with Crippen LogP contribution < -0.4 is 10.1 Å². The van der Waals surface area contributed by atoms with Gasteiger partial charge < -0.3 is 19.6 Å². The van der Waals surface area contributed by atoms with Gasteiger partial charge in [-0.25, -0.2) is 13.9 Å². The molecular formula is C21H23FN6O2. The third-order valence-corrected chi connectivity index (χ3v) is 5.82. The summed E-state index contributed by atoms with van der Waals surface area (Å²) >= 11 is 0. The lowest BCUT2D eigenvalue weighted by molar-refractivity contribution is 0.0195. The third-order valence-electron chi connectivity index (χ3n) is 5.82. The van der Waals surface area contributed by atoms with Crippen LogP contribution in [-0.2, 0) is 0 Å². The van der Waals surface area contributed by atoms with Crippen LogP contribution in [0.3, 0.4) is 0 Å². The molecule has 1 aliphatic rings. The van der Waals surface area contributed by atoms with Crippen LogP contribution in [0, 0.1) is 5.82 Å². The number of imidazole rings is 1. The summed E-state index contributed by atoms with van der Waals surface area (Å²) in [6, 6.07) is 3.52. The van der Waals surface area contributed by atoms with Crippen molar-refractivity contribution in [1.82, 2.24) is 24.0 Å². The molecule has 4 aromatic rings. The van der Waals surface area contributed by atoms with Crippen LogP contribution in [0.5, 0.6) is 5.88 Å². The zero-order valence-corrected chi connectivity index (χ0v) is 16.8. The maximum Gasteiger partial charge on any atom is 0.244 e. The largest absolute Gasteiger partial charge is 0.479 e. The molecular weight excluding hydrogens is 387 g/mol. The quantitative estimate of drug-likeness (QED) is 0.537. The Morgan fingerprint density at radius 1 is 1.30 bits per heavy atom. The molecule has 0 spiro atoms. The van der Waals surface area contributed by atoms with Gasteiger partial charge in [0, 0.05) is 42.0 Å². The number of aliphatic hydroxyl groups is 1. The minimum Gasteiger partial charge on any atom is -0.479 e. The lowest BCUT2D eigenvalue weighted by Crippen LogP contribution is -2.36. The maximum absolute atomic E-state index is 14.5. The number of pyridine rings is 1. The highest BCUT2D eigenvalue weighted by atomic mass is 19.1. The minimum absolute atomic E-state index is 0.195. The van der Waals surface area contributed by atoms with E-state index in [1.807, 2.05) is 25.4 Å². The van der Waals surface area contributed by atoms with Gasteiger partial charge in [-0.05, 0) is 44.7 Å². The zero-order chi connectivity index (χ0) is 20.9. The molecule has 0 aromatic carbocycles. The Morgan fingerprint density at radius 2 is 2.10 bits per heavy atom. The first-order valence-electron chi connectivity index (χ1n) is 9.98. The van der Waals surface area contributed by atoms with Crippen LogP contribution in [0.2, 0.25) is 0 Å². The fraction of sp³-hybridized carbons (Fsp3) is 0.381. The number of rotatable bonds is 4. The standard InChI is InChI=1S/C21H23FN6O2/c1-21(29)6-3-14(4-7-21)24-20-25-19(30-2)17-15(5-9-28(17)26-20)13-11-16(22)18-23-8-10-27(18)12-13/h5,8-12,14,29H,3-4,6-7H2,1-2H3,(H,24,26)/t14-,21+. The van der Waals surface area contributed by atoms with E-state index in [1.54, 1.807) is 28.4 Å². The van der Waals surface area contributed by atoms with Crippen molar-refractivity contribution in [2.75, 3.05) is 12.4 Å². The average Bonchev–Trinajstić information content (AvgIpc) is 3.36. The first-order valence-corrected chi connectivity index (χ1v) is 9.98. The summed E-state index contributed by atoms with van der Waals surface area (Å²) < 4.78 is 23.3. The molecule has 0 saturated heterocycles. The van der Waals surface area contributed by atoms with Crippen LogP contribution in [0.1, 0.15) is 32.6 Å². The second kappa shape index (κ2) is 6.94. The van der Waals surface area contributed by atoms with E-state index in [4.69, 9.17) is 4.74 Å². The Bertz CT molecular complexity index is 1220. The van der Waals surface area contributed by atoms with Crippen molar-refractivity contribution in [3.63, 3.8) is 0 Å². The third kappa shape index (κ3) is 3.24. The van der Waals surface area contributed by atoms with Gasteiger partial charge in [-0.1, -0.05) is 0 Å². The van der Waals surface area contributed by atoms with Gasteiger partial charge in [0.2, 0.25) is 11.8 Å². The van der Waals surface area contributed by atoms with E-state index in [0.29, 0.717) is 22.9 Å². The topological polar surface area (TPSA) is 89.0 Å². The fourth-order valence-corrected chi connectivity index (χ4v) is 4.13. The van der Waals surface area contributed by atoms with Crippen molar-refractivity contribution >= 4 is 17.1 Å². The van der Waals surface area contributed by atoms with Crippen LogP contribution in [0.4, 0.5) is 10.3 Å². The predicted molar refractivity (Wildman–Crippen MR) is 110 cm³/mol. The van der Waals surface area contributed by atoms with E-state index >= 15 is 0 Å². The number of ether oxygens (including phenoxy) is 1. The van der Waals surface area contributed by atoms with Gasteiger partial charge in [0.15, 0.2) is 11.5 Å². The molecule has 30 heavy (non-hydrogen) atoms. The highest BCUT2D eigenvalue weighted by Crippen LogP contribution is 2.33. The number of aromatic nitrogens is 5. The summed E-state index contributed by atoms with van der Waals surface area (Å²) in [5, 5.41) is 18.1. The lowest BCUT2D eigenvalue weighted by Gasteiger charge is -2.33. The van der Waals surface area contributed by atoms with E-state index in [1.165, 1.54) is 6.07 Å². The van der Waals surface area contributed by atoms with E-state index in [-0.39, 0.29) is 11.7 Å². The molecule has 1 aliphatic carbocycles. The normalized spacial score (nSPS) is 21.9. The van der Waals surface area contributed by atoms with Gasteiger partial charge in [0.1, 0.15) is 5.52 Å². The van der Waals surface area contributed by atoms with Crippen LogP contribution >= 0.6 is 0 Å². The SMILES string of the molecule is COc1nc(N[C@H]2CC[C@@](C)(O)CC2)nn2ccc(-c3cc(F)c4nccn4c3)c12. The molecule has 0 atom stereocenters. The number of hydrogen-bond donors (Lipinski definition) is 2. The molecule has 1 fully saturated rings. The monoisotopic (exact) mass is 410 g/mol. The number of nitrogens with one attached hydrogen (secondary N) is 1. The van der Waals surface area contributed by atoms with Crippen molar-refractivity contribution in [3.05, 3.63) is 42.7 Å². The average molecular weight is 410 g/mol. The first-order chi connectivity index (χ1) is 14.4. The molecule has 1 saturated carbocycles. The van der Waals surface area contributed by atoms with Crippen molar-refractivity contribution in [2.24, 2.45) is 0 Å². The molecule has 156 valence electrons. The van der Waals surface area contributed by atoms with Crippen molar-refractivity contribution in [3.8, 4) is 17.0 Å². The molecule has 0 radical (unpaired) electrons.